The van der Waals surface area contributed by atoms with Crippen LogP contribution in [0.3, 0.4) is 0 Å². The van der Waals surface area contributed by atoms with Gasteiger partial charge >= 0.3 is 5.97 Å². The number of carbonyl (C=O) groups is 1. The zero-order chi connectivity index (χ0) is 15.9. The molecule has 22 heavy (non-hydrogen) atoms. The van der Waals surface area contributed by atoms with Crippen molar-refractivity contribution in [3.63, 3.8) is 0 Å². The molecular weight excluding hydrogens is 284 g/mol. The maximum Gasteiger partial charge on any atom is 0.305 e. The van der Waals surface area contributed by atoms with Gasteiger partial charge in [-0.25, -0.2) is 0 Å². The van der Waals surface area contributed by atoms with Gasteiger partial charge in [-0.1, -0.05) is 13.8 Å². The van der Waals surface area contributed by atoms with Gasteiger partial charge in [0.05, 0.1) is 0 Å². The highest BCUT2D eigenvalue weighted by Gasteiger charge is 2.65. The number of carbonyl (C=O) groups excluding carboxylic acids is 1. The van der Waals surface area contributed by atoms with Crippen LogP contribution >= 0.6 is 0 Å². The van der Waals surface area contributed by atoms with Crippen LogP contribution in [0.1, 0.15) is 47.0 Å². The van der Waals surface area contributed by atoms with Crippen LogP contribution in [-0.4, -0.2) is 37.4 Å². The maximum absolute atomic E-state index is 11.6. The van der Waals surface area contributed by atoms with Crippen LogP contribution in [0.4, 0.5) is 0 Å². The molecule has 126 valence electrons. The smallest absolute Gasteiger partial charge is 0.305 e. The molecule has 0 N–H and O–H groups in total. The van der Waals surface area contributed by atoms with E-state index in [9.17, 15) is 4.79 Å². The van der Waals surface area contributed by atoms with Crippen molar-refractivity contribution in [1.82, 2.24) is 0 Å². The molecule has 0 aromatic rings. The minimum absolute atomic E-state index is 0.236. The molecule has 0 bridgehead atoms. The van der Waals surface area contributed by atoms with Crippen molar-refractivity contribution in [3.05, 3.63) is 0 Å². The van der Waals surface area contributed by atoms with E-state index in [1.807, 2.05) is 6.92 Å². The summed E-state index contributed by atoms with van der Waals surface area (Å²) in [5, 5.41) is 0. The lowest BCUT2D eigenvalue weighted by Crippen LogP contribution is -2.66. The van der Waals surface area contributed by atoms with E-state index in [4.69, 9.17) is 18.9 Å². The van der Waals surface area contributed by atoms with Gasteiger partial charge in [0.2, 0.25) is 6.29 Å². The van der Waals surface area contributed by atoms with Crippen molar-refractivity contribution >= 4 is 5.97 Å². The highest BCUT2D eigenvalue weighted by atomic mass is 16.8. The molecule has 1 saturated carbocycles. The number of ether oxygens (including phenoxy) is 4. The minimum Gasteiger partial charge on any atom is -0.433 e. The van der Waals surface area contributed by atoms with E-state index in [-0.39, 0.29) is 18.2 Å². The fourth-order valence-corrected chi connectivity index (χ4v) is 4.93. The summed E-state index contributed by atoms with van der Waals surface area (Å²) >= 11 is 0. The molecule has 5 heteroatoms. The average molecular weight is 312 g/mol. The van der Waals surface area contributed by atoms with Gasteiger partial charge in [0.25, 0.3) is 0 Å². The topological polar surface area (TPSA) is 54.0 Å². The van der Waals surface area contributed by atoms with Crippen LogP contribution in [-0.2, 0) is 23.7 Å². The number of rotatable bonds is 3. The first-order valence-corrected chi connectivity index (χ1v) is 8.59. The average Bonchev–Trinajstić information content (AvgIpc) is 2.90. The molecule has 5 nitrogen and oxygen atoms in total. The van der Waals surface area contributed by atoms with Crippen molar-refractivity contribution in [1.29, 1.82) is 0 Å². The molecule has 0 unspecified atom stereocenters. The Balaban J connectivity index is 1.96. The molecule has 3 fully saturated rings. The summed E-state index contributed by atoms with van der Waals surface area (Å²) in [5.74, 6) is 1.18. The second-order valence-corrected chi connectivity index (χ2v) is 7.02. The van der Waals surface area contributed by atoms with E-state index in [2.05, 4.69) is 13.8 Å². The Morgan fingerprint density at radius 3 is 2.68 bits per heavy atom. The molecule has 1 spiro atoms. The van der Waals surface area contributed by atoms with Crippen LogP contribution in [0.5, 0.6) is 0 Å². The summed E-state index contributed by atoms with van der Waals surface area (Å²) in [5.41, 5.74) is -0.490. The number of hydrogen-bond acceptors (Lipinski definition) is 5. The molecule has 0 amide bonds. The minimum atomic E-state index is -0.655. The van der Waals surface area contributed by atoms with Crippen molar-refractivity contribution in [3.8, 4) is 0 Å². The molecule has 3 rings (SSSR count). The van der Waals surface area contributed by atoms with Crippen LogP contribution in [0.15, 0.2) is 0 Å². The Kier molecular flexibility index (Phi) is 4.49. The molecule has 7 atom stereocenters. The standard InChI is InChI=1S/C17H28O5/c1-5-19-15-11(3)14-7-6-10(2)13-8-9-20-17(13,14)16(22-15)21-12(4)18/h10-11,13-16H,5-9H2,1-4H3/t10-,11-,13+,14+,15+,16+,17-/m1/s1. The van der Waals surface area contributed by atoms with E-state index in [1.54, 1.807) is 0 Å². The van der Waals surface area contributed by atoms with Gasteiger partial charge in [-0.05, 0) is 38.0 Å². The largest absolute Gasteiger partial charge is 0.433 e. The van der Waals surface area contributed by atoms with Crippen LogP contribution < -0.4 is 0 Å². The van der Waals surface area contributed by atoms with Gasteiger partial charge in [0.15, 0.2) is 6.29 Å². The van der Waals surface area contributed by atoms with Crippen molar-refractivity contribution < 1.29 is 23.7 Å². The van der Waals surface area contributed by atoms with Crippen LogP contribution in [0, 0.1) is 23.7 Å². The summed E-state index contributed by atoms with van der Waals surface area (Å²) in [7, 11) is 0. The maximum atomic E-state index is 11.6. The third-order valence-corrected chi connectivity index (χ3v) is 5.85. The molecular formula is C17H28O5. The first kappa shape index (κ1) is 16.2. The monoisotopic (exact) mass is 312 g/mol. The Hall–Kier alpha value is -0.650. The lowest BCUT2D eigenvalue weighted by molar-refractivity contribution is -0.368. The van der Waals surface area contributed by atoms with E-state index >= 15 is 0 Å². The molecule has 0 radical (unpaired) electrons. The van der Waals surface area contributed by atoms with Gasteiger partial charge < -0.3 is 18.9 Å². The Labute approximate surface area is 132 Å². The van der Waals surface area contributed by atoms with Gasteiger partial charge in [-0.3, -0.25) is 4.79 Å². The summed E-state index contributed by atoms with van der Waals surface area (Å²) in [6, 6.07) is 0. The quantitative estimate of drug-likeness (QED) is 0.750. The highest BCUT2D eigenvalue weighted by Crippen LogP contribution is 2.57. The SMILES string of the molecule is CCO[C@H]1O[C@H](OC(C)=O)[C@@]23OCC[C@H]2[C@H](C)CC[C@H]3[C@H]1C. The number of esters is 1. The molecule has 1 aliphatic carbocycles. The molecule has 2 heterocycles. The van der Waals surface area contributed by atoms with E-state index in [0.717, 1.165) is 19.4 Å². The Bertz CT molecular complexity index is 425. The zero-order valence-corrected chi connectivity index (χ0v) is 14.0. The Morgan fingerprint density at radius 2 is 2.00 bits per heavy atom. The molecule has 0 aromatic carbocycles. The summed E-state index contributed by atoms with van der Waals surface area (Å²) in [6.07, 6.45) is 2.30. The lowest BCUT2D eigenvalue weighted by Gasteiger charge is -2.56. The van der Waals surface area contributed by atoms with Crippen molar-refractivity contribution in [2.45, 2.75) is 65.1 Å². The van der Waals surface area contributed by atoms with Gasteiger partial charge in [0.1, 0.15) is 5.60 Å². The first-order valence-electron chi connectivity index (χ1n) is 8.59. The number of hydrogen-bond donors (Lipinski definition) is 0. The Morgan fingerprint density at radius 1 is 1.23 bits per heavy atom. The summed E-state index contributed by atoms with van der Waals surface area (Å²) in [6.45, 7) is 9.14. The summed E-state index contributed by atoms with van der Waals surface area (Å²) < 4.78 is 23.7. The van der Waals surface area contributed by atoms with Crippen LogP contribution in [0.2, 0.25) is 0 Å². The predicted molar refractivity (Wildman–Crippen MR) is 79.9 cm³/mol. The first-order chi connectivity index (χ1) is 10.5. The van der Waals surface area contributed by atoms with Gasteiger partial charge in [-0.15, -0.1) is 0 Å². The fourth-order valence-electron chi connectivity index (χ4n) is 4.93. The third-order valence-electron chi connectivity index (χ3n) is 5.85. The molecule has 3 aliphatic rings. The normalized spacial score (nSPS) is 47.6. The predicted octanol–water partition coefficient (Wildman–Crippen LogP) is 2.73. The molecule has 2 aliphatic heterocycles. The van der Waals surface area contributed by atoms with E-state index in [0.29, 0.717) is 24.4 Å². The molecule has 0 aromatic heterocycles. The lowest BCUT2D eigenvalue weighted by atomic mass is 9.59. The van der Waals surface area contributed by atoms with Gasteiger partial charge in [0, 0.05) is 32.0 Å². The highest BCUT2D eigenvalue weighted by molar-refractivity contribution is 5.66. The van der Waals surface area contributed by atoms with E-state index < -0.39 is 11.9 Å². The third kappa shape index (κ3) is 2.38. The second-order valence-electron chi connectivity index (χ2n) is 7.02. The zero-order valence-electron chi connectivity index (χ0n) is 14.0. The fraction of sp³-hybridized carbons (Fsp3) is 0.941. The second kappa shape index (κ2) is 6.10. The molecule has 2 saturated heterocycles. The van der Waals surface area contributed by atoms with E-state index in [1.165, 1.54) is 13.3 Å². The summed E-state index contributed by atoms with van der Waals surface area (Å²) in [4.78, 5) is 11.6. The van der Waals surface area contributed by atoms with Crippen LogP contribution in [0.25, 0.3) is 0 Å². The van der Waals surface area contributed by atoms with Crippen molar-refractivity contribution in [2.75, 3.05) is 13.2 Å². The van der Waals surface area contributed by atoms with Crippen molar-refractivity contribution in [2.24, 2.45) is 23.7 Å². The van der Waals surface area contributed by atoms with Gasteiger partial charge in [-0.2, -0.15) is 0 Å².